The number of halogens is 1. The van der Waals surface area contributed by atoms with Gasteiger partial charge in [0.15, 0.2) is 0 Å². The van der Waals surface area contributed by atoms with Crippen molar-refractivity contribution in [1.82, 2.24) is 10.0 Å². The fourth-order valence-corrected chi connectivity index (χ4v) is 1.73. The molecule has 1 rings (SSSR count). The normalized spacial score (nSPS) is 25.2. The van der Waals surface area contributed by atoms with Gasteiger partial charge in [0.05, 0.1) is 0 Å². The number of rotatable bonds is 3. The standard InChI is InChI=1S/C9H15ClN6/c1-4-8-13-7(6-11)14-9(10,12)16(8)15(3)5-2/h4-5,12H2,1-3H3. The second-order valence-electron chi connectivity index (χ2n) is 3.35. The van der Waals surface area contributed by atoms with Crippen molar-refractivity contribution in [2.45, 2.75) is 25.5 Å². The Morgan fingerprint density at radius 1 is 1.62 bits per heavy atom. The first-order valence-corrected chi connectivity index (χ1v) is 5.40. The molecule has 1 heterocycles. The zero-order chi connectivity index (χ0) is 12.3. The van der Waals surface area contributed by atoms with E-state index in [1.807, 2.05) is 32.0 Å². The summed E-state index contributed by atoms with van der Waals surface area (Å²) in [6.07, 6.45) is 0.622. The lowest BCUT2D eigenvalue weighted by molar-refractivity contribution is 0.0210. The van der Waals surface area contributed by atoms with Crippen molar-refractivity contribution in [3.8, 4) is 6.07 Å². The van der Waals surface area contributed by atoms with Crippen LogP contribution < -0.4 is 5.73 Å². The highest BCUT2D eigenvalue weighted by atomic mass is 35.5. The molecule has 0 radical (unpaired) electrons. The maximum absolute atomic E-state index is 8.78. The minimum atomic E-state index is -1.47. The van der Waals surface area contributed by atoms with Gasteiger partial charge in [-0.25, -0.2) is 15.0 Å². The van der Waals surface area contributed by atoms with Crippen LogP contribution >= 0.6 is 11.6 Å². The third kappa shape index (κ3) is 2.32. The molecule has 0 amide bonds. The first kappa shape index (κ1) is 12.9. The number of hydrogen-bond acceptors (Lipinski definition) is 6. The number of amidine groups is 2. The van der Waals surface area contributed by atoms with Gasteiger partial charge in [-0.3, -0.25) is 5.73 Å². The predicted molar refractivity (Wildman–Crippen MR) is 63.7 cm³/mol. The van der Waals surface area contributed by atoms with E-state index in [1.165, 1.54) is 0 Å². The highest BCUT2D eigenvalue weighted by Crippen LogP contribution is 2.23. The largest absolute Gasteiger partial charge is 0.282 e. The van der Waals surface area contributed by atoms with Gasteiger partial charge in [-0.15, -0.1) is 0 Å². The Morgan fingerprint density at radius 2 is 2.25 bits per heavy atom. The third-order valence-corrected chi connectivity index (χ3v) is 2.50. The third-order valence-electron chi connectivity index (χ3n) is 2.25. The molecule has 88 valence electrons. The molecular formula is C9H15ClN6. The maximum Gasteiger partial charge on any atom is 0.282 e. The molecule has 0 saturated carbocycles. The van der Waals surface area contributed by atoms with E-state index >= 15 is 0 Å². The number of aliphatic imine (C=N–C) groups is 2. The zero-order valence-electron chi connectivity index (χ0n) is 9.61. The van der Waals surface area contributed by atoms with Gasteiger partial charge >= 0.3 is 0 Å². The van der Waals surface area contributed by atoms with Crippen molar-refractivity contribution < 1.29 is 0 Å². The first-order chi connectivity index (χ1) is 7.46. The quantitative estimate of drug-likeness (QED) is 0.584. The highest BCUT2D eigenvalue weighted by Gasteiger charge is 2.38. The van der Waals surface area contributed by atoms with Crippen LogP contribution in [0.2, 0.25) is 0 Å². The lowest BCUT2D eigenvalue weighted by atomic mass is 10.4. The van der Waals surface area contributed by atoms with E-state index in [1.54, 1.807) is 5.01 Å². The van der Waals surface area contributed by atoms with E-state index in [4.69, 9.17) is 22.6 Å². The van der Waals surface area contributed by atoms with Gasteiger partial charge in [0.2, 0.25) is 5.84 Å². The molecule has 6 nitrogen and oxygen atoms in total. The van der Waals surface area contributed by atoms with Gasteiger partial charge in [-0.1, -0.05) is 25.4 Å². The van der Waals surface area contributed by atoms with Gasteiger partial charge in [-0.2, -0.15) is 10.3 Å². The Balaban J connectivity index is 3.15. The SMILES string of the molecule is CCC1=NC(C#N)=NC(N)(Cl)N1N(C)CC. The molecule has 0 aliphatic carbocycles. The van der Waals surface area contributed by atoms with Crippen LogP contribution in [0.3, 0.4) is 0 Å². The Morgan fingerprint density at radius 3 is 2.69 bits per heavy atom. The molecule has 1 unspecified atom stereocenters. The maximum atomic E-state index is 8.78. The van der Waals surface area contributed by atoms with Crippen LogP contribution in [0, 0.1) is 11.3 Å². The summed E-state index contributed by atoms with van der Waals surface area (Å²) in [4.78, 5) is 7.97. The summed E-state index contributed by atoms with van der Waals surface area (Å²) in [6, 6.07) is 1.85. The number of nitrogens with two attached hydrogens (primary N) is 1. The van der Waals surface area contributed by atoms with Crippen molar-refractivity contribution >= 4 is 23.3 Å². The summed E-state index contributed by atoms with van der Waals surface area (Å²) >= 11 is 6.10. The molecule has 0 fully saturated rings. The molecule has 0 saturated heterocycles. The molecule has 0 aromatic rings. The Bertz CT molecular complexity index is 367. The smallest absolute Gasteiger partial charge is 0.275 e. The zero-order valence-corrected chi connectivity index (χ0v) is 10.4. The summed E-state index contributed by atoms with van der Waals surface area (Å²) in [5, 5.41) is 10.7. The predicted octanol–water partition coefficient (Wildman–Crippen LogP) is 0.708. The second kappa shape index (κ2) is 4.78. The minimum Gasteiger partial charge on any atom is -0.275 e. The Hall–Kier alpha value is -1.16. The van der Waals surface area contributed by atoms with Crippen LogP contribution in [-0.4, -0.2) is 40.5 Å². The summed E-state index contributed by atoms with van der Waals surface area (Å²) in [7, 11) is 1.84. The van der Waals surface area contributed by atoms with E-state index in [9.17, 15) is 0 Å². The van der Waals surface area contributed by atoms with E-state index in [0.717, 1.165) is 0 Å². The molecule has 1 atom stereocenters. The number of alkyl halides is 1. The van der Waals surface area contributed by atoms with Crippen LogP contribution in [0.5, 0.6) is 0 Å². The van der Waals surface area contributed by atoms with Gasteiger partial charge in [0, 0.05) is 20.0 Å². The summed E-state index contributed by atoms with van der Waals surface area (Å²) in [6.45, 7) is 4.59. The average molecular weight is 243 g/mol. The van der Waals surface area contributed by atoms with Crippen LogP contribution in [0.4, 0.5) is 0 Å². The van der Waals surface area contributed by atoms with E-state index in [-0.39, 0.29) is 5.84 Å². The summed E-state index contributed by atoms with van der Waals surface area (Å²) in [5.74, 6) is 0.642. The molecule has 0 aromatic heterocycles. The van der Waals surface area contributed by atoms with E-state index < -0.39 is 5.25 Å². The van der Waals surface area contributed by atoms with Crippen molar-refractivity contribution in [3.05, 3.63) is 0 Å². The molecule has 2 N–H and O–H groups in total. The molecule has 16 heavy (non-hydrogen) atoms. The number of hydrazine groups is 1. The van der Waals surface area contributed by atoms with Gasteiger partial charge in [-0.05, 0) is 0 Å². The molecule has 1 aliphatic heterocycles. The van der Waals surface area contributed by atoms with Gasteiger partial charge in [0.1, 0.15) is 11.9 Å². The Labute approximate surface area is 100.0 Å². The summed E-state index contributed by atoms with van der Waals surface area (Å²) in [5.41, 5.74) is 5.86. The minimum absolute atomic E-state index is 0.00935. The van der Waals surface area contributed by atoms with Crippen molar-refractivity contribution in [3.63, 3.8) is 0 Å². The van der Waals surface area contributed by atoms with E-state index in [2.05, 4.69) is 9.98 Å². The molecule has 0 spiro atoms. The molecule has 7 heteroatoms. The van der Waals surface area contributed by atoms with Crippen LogP contribution in [-0.2, 0) is 0 Å². The van der Waals surface area contributed by atoms with Crippen LogP contribution in [0.15, 0.2) is 9.98 Å². The lowest BCUT2D eigenvalue weighted by Gasteiger charge is -2.42. The molecular weight excluding hydrogens is 228 g/mol. The van der Waals surface area contributed by atoms with Crippen molar-refractivity contribution in [1.29, 1.82) is 5.26 Å². The monoisotopic (exact) mass is 242 g/mol. The van der Waals surface area contributed by atoms with Crippen molar-refractivity contribution in [2.75, 3.05) is 13.6 Å². The van der Waals surface area contributed by atoms with Gasteiger partial charge in [0.25, 0.3) is 5.25 Å². The lowest BCUT2D eigenvalue weighted by Crippen LogP contribution is -2.61. The second-order valence-corrected chi connectivity index (χ2v) is 3.91. The molecule has 0 bridgehead atoms. The fourth-order valence-electron chi connectivity index (χ4n) is 1.43. The van der Waals surface area contributed by atoms with E-state index in [0.29, 0.717) is 18.8 Å². The number of nitrogens with zero attached hydrogens (tertiary/aromatic N) is 5. The first-order valence-electron chi connectivity index (χ1n) is 5.02. The summed E-state index contributed by atoms with van der Waals surface area (Å²) < 4.78 is 0. The number of nitriles is 1. The molecule has 1 aliphatic rings. The van der Waals surface area contributed by atoms with Crippen LogP contribution in [0.1, 0.15) is 20.3 Å². The number of hydrogen-bond donors (Lipinski definition) is 1. The average Bonchev–Trinajstić information content (AvgIpc) is 2.25. The highest BCUT2D eigenvalue weighted by molar-refractivity contribution is 6.26. The van der Waals surface area contributed by atoms with Gasteiger partial charge < -0.3 is 0 Å². The molecule has 0 aromatic carbocycles. The topological polar surface area (TPSA) is 81.0 Å². The fraction of sp³-hybridized carbons (Fsp3) is 0.667. The van der Waals surface area contributed by atoms with Crippen molar-refractivity contribution in [2.24, 2.45) is 15.7 Å². The Kier molecular flexibility index (Phi) is 3.86. The van der Waals surface area contributed by atoms with Crippen LogP contribution in [0.25, 0.3) is 0 Å².